The number of carbonyl (C=O) groups excluding carboxylic acids is 2. The van der Waals surface area contributed by atoms with Gasteiger partial charge in [0.05, 0.1) is 0 Å². The molecule has 0 aromatic heterocycles. The largest absolute Gasteiger partial charge is 0.444 e. The predicted molar refractivity (Wildman–Crippen MR) is 196 cm³/mol. The number of ether oxygens (including phenoxy) is 1. The van der Waals surface area contributed by atoms with Gasteiger partial charge in [0.2, 0.25) is 5.91 Å². The molecule has 0 aromatic rings. The Morgan fingerprint density at radius 2 is 1.48 bits per heavy atom. The van der Waals surface area contributed by atoms with E-state index in [0.29, 0.717) is 25.0 Å². The first kappa shape index (κ1) is 41.4. The molecule has 0 bridgehead atoms. The van der Waals surface area contributed by atoms with E-state index < -0.39 is 17.7 Å². The molecule has 250 valence electrons. The molecule has 46 heavy (non-hydrogen) atoms. The summed E-state index contributed by atoms with van der Waals surface area (Å²) in [5.41, 5.74) is 5.95. The zero-order chi connectivity index (χ0) is 35.3. The van der Waals surface area contributed by atoms with Gasteiger partial charge in [-0.25, -0.2) is 4.79 Å². The number of carbonyl (C=O) groups is 2. The van der Waals surface area contributed by atoms with Gasteiger partial charge in [-0.1, -0.05) is 85.8 Å². The van der Waals surface area contributed by atoms with Crippen molar-refractivity contribution in [2.75, 3.05) is 13.6 Å². The van der Waals surface area contributed by atoms with Crippen molar-refractivity contribution < 1.29 is 14.3 Å². The summed E-state index contributed by atoms with van der Waals surface area (Å²) in [4.78, 5) is 29.7. The lowest BCUT2D eigenvalue weighted by Crippen LogP contribution is -2.49. The molecule has 0 radical (unpaired) electrons. The fourth-order valence-corrected chi connectivity index (χ4v) is 3.62. The maximum absolute atomic E-state index is 13.0. The molecule has 0 aromatic carbocycles. The number of nitrogens with one attached hydrogen (secondary N) is 3. The minimum Gasteiger partial charge on any atom is -0.444 e. The molecule has 0 rings (SSSR count). The van der Waals surface area contributed by atoms with Gasteiger partial charge in [-0.2, -0.15) is 0 Å². The van der Waals surface area contributed by atoms with Crippen molar-refractivity contribution in [1.29, 1.82) is 0 Å². The molecule has 7 heteroatoms. The Morgan fingerprint density at radius 1 is 0.891 bits per heavy atom. The Morgan fingerprint density at radius 3 is 1.98 bits per heavy atom. The lowest BCUT2D eigenvalue weighted by molar-refractivity contribution is -0.122. The molecular formula is C39H56N4O3. The first-order chi connectivity index (χ1) is 21.6. The van der Waals surface area contributed by atoms with Crippen molar-refractivity contribution >= 4 is 17.8 Å². The van der Waals surface area contributed by atoms with Crippen LogP contribution in [0.2, 0.25) is 0 Å². The number of hydrogen-bond donors (Lipinski definition) is 3. The van der Waals surface area contributed by atoms with Gasteiger partial charge < -0.3 is 20.7 Å². The van der Waals surface area contributed by atoms with Gasteiger partial charge in [-0.15, -0.1) is 0 Å². The van der Waals surface area contributed by atoms with Gasteiger partial charge >= 0.3 is 6.09 Å². The highest BCUT2D eigenvalue weighted by molar-refractivity contribution is 5.89. The van der Waals surface area contributed by atoms with Gasteiger partial charge in [0.1, 0.15) is 17.5 Å². The van der Waals surface area contributed by atoms with Crippen LogP contribution in [0.1, 0.15) is 81.6 Å². The van der Waals surface area contributed by atoms with E-state index in [9.17, 15) is 9.59 Å². The molecule has 2 amide bonds. The number of unbranched alkanes of at least 4 members (excludes halogenated alkanes) is 1. The van der Waals surface area contributed by atoms with Gasteiger partial charge in [0, 0.05) is 25.7 Å². The van der Waals surface area contributed by atoms with E-state index in [1.54, 1.807) is 33.9 Å². The minimum absolute atomic E-state index is 0.360. The molecule has 0 aliphatic carbocycles. The third-order valence-electron chi connectivity index (χ3n) is 6.66. The molecular weight excluding hydrogens is 572 g/mol. The molecule has 7 nitrogen and oxygen atoms in total. The number of aliphatic imine (C=N–C) groups is 1. The first-order valence-electron chi connectivity index (χ1n) is 15.6. The van der Waals surface area contributed by atoms with Gasteiger partial charge in [-0.3, -0.25) is 9.79 Å². The molecule has 0 aliphatic heterocycles. The molecule has 0 fully saturated rings. The Balaban J connectivity index is 5.07. The van der Waals surface area contributed by atoms with Crippen LogP contribution in [0.15, 0.2) is 112 Å². The normalized spacial score (nSPS) is 14.4. The maximum atomic E-state index is 13.0. The smallest absolute Gasteiger partial charge is 0.408 e. The van der Waals surface area contributed by atoms with Gasteiger partial charge in [-0.05, 0) is 103 Å². The fraction of sp³-hybridized carbons (Fsp3) is 0.410. The molecule has 1 unspecified atom stereocenters. The highest BCUT2D eigenvalue weighted by atomic mass is 16.6. The number of amides is 2. The van der Waals surface area contributed by atoms with Gasteiger partial charge in [0.15, 0.2) is 0 Å². The number of alkyl carbamates (subject to hydrolysis) is 1. The number of allylic oxidation sites excluding steroid dienone is 12. The first-order valence-corrected chi connectivity index (χ1v) is 15.6. The number of nitrogens with zero attached hydrogens (tertiary/aromatic N) is 1. The van der Waals surface area contributed by atoms with E-state index in [4.69, 9.17) is 4.74 Å². The number of hydrogen-bond acceptors (Lipinski definition) is 4. The van der Waals surface area contributed by atoms with Crippen LogP contribution in [-0.2, 0) is 9.53 Å². The average molecular weight is 629 g/mol. The summed E-state index contributed by atoms with van der Waals surface area (Å²) < 4.78 is 5.33. The summed E-state index contributed by atoms with van der Waals surface area (Å²) >= 11 is 0. The molecule has 1 atom stereocenters. The average Bonchev–Trinajstić information content (AvgIpc) is 3.00. The van der Waals surface area contributed by atoms with E-state index >= 15 is 0 Å². The highest BCUT2D eigenvalue weighted by Gasteiger charge is 2.26. The van der Waals surface area contributed by atoms with E-state index in [0.717, 1.165) is 34.7 Å². The lowest BCUT2D eigenvalue weighted by Gasteiger charge is -2.24. The highest BCUT2D eigenvalue weighted by Crippen LogP contribution is 2.11. The number of amidine groups is 1. The van der Waals surface area contributed by atoms with E-state index in [1.807, 2.05) is 45.9 Å². The monoisotopic (exact) mass is 628 g/mol. The van der Waals surface area contributed by atoms with Crippen molar-refractivity contribution in [2.45, 2.75) is 93.2 Å². The van der Waals surface area contributed by atoms with Crippen molar-refractivity contribution in [2.24, 2.45) is 4.99 Å². The molecule has 0 saturated heterocycles. The summed E-state index contributed by atoms with van der Waals surface area (Å²) in [6, 6.07) is -0.957. The van der Waals surface area contributed by atoms with Crippen LogP contribution in [0.5, 0.6) is 0 Å². The van der Waals surface area contributed by atoms with Crippen molar-refractivity contribution in [3.8, 4) is 11.8 Å². The second-order valence-corrected chi connectivity index (χ2v) is 11.8. The van der Waals surface area contributed by atoms with Crippen LogP contribution in [-0.4, -0.2) is 43.1 Å². The molecule has 0 aliphatic rings. The summed E-state index contributed by atoms with van der Waals surface area (Å²) in [5.74, 6) is 6.83. The Bertz CT molecular complexity index is 1380. The van der Waals surface area contributed by atoms with Crippen LogP contribution < -0.4 is 16.0 Å². The van der Waals surface area contributed by atoms with E-state index in [2.05, 4.69) is 78.5 Å². The molecule has 0 saturated carbocycles. The SMILES string of the molecule is C=C/C=C(\C=C)C(NC(=O)OC(C)(C)C)C(=O)NCCCCC(=NC)NC(=C)/C(C)=C/C=C(\C)C#C/C(C)=C/C=C(C)/C(C)=C/C. The minimum atomic E-state index is -0.957. The van der Waals surface area contributed by atoms with E-state index in [-0.39, 0.29) is 5.91 Å². The Labute approximate surface area is 278 Å². The fourth-order valence-electron chi connectivity index (χ4n) is 3.62. The Kier molecular flexibility index (Phi) is 19.8. The zero-order valence-electron chi connectivity index (χ0n) is 29.8. The van der Waals surface area contributed by atoms with Crippen LogP contribution >= 0.6 is 0 Å². The summed E-state index contributed by atoms with van der Waals surface area (Å²) in [7, 11) is 1.73. The van der Waals surface area contributed by atoms with Crippen LogP contribution in [0, 0.1) is 11.8 Å². The molecule has 0 heterocycles. The van der Waals surface area contributed by atoms with Crippen molar-refractivity contribution in [3.05, 3.63) is 107 Å². The van der Waals surface area contributed by atoms with Crippen LogP contribution in [0.4, 0.5) is 4.79 Å². The number of rotatable bonds is 15. The second-order valence-electron chi connectivity index (χ2n) is 11.8. The molecule has 3 N–H and O–H groups in total. The van der Waals surface area contributed by atoms with Crippen molar-refractivity contribution in [3.63, 3.8) is 0 Å². The topological polar surface area (TPSA) is 91.8 Å². The summed E-state index contributed by atoms with van der Waals surface area (Å²) in [6.45, 7) is 29.5. The quantitative estimate of drug-likeness (QED) is 0.0559. The third kappa shape index (κ3) is 18.3. The Hall–Kier alpha value is -4.57. The zero-order valence-corrected chi connectivity index (χ0v) is 29.8. The summed E-state index contributed by atoms with van der Waals surface area (Å²) in [5, 5.41) is 8.82. The second kappa shape index (κ2) is 22.0. The predicted octanol–water partition coefficient (Wildman–Crippen LogP) is 8.35. The maximum Gasteiger partial charge on any atom is 0.408 e. The van der Waals surface area contributed by atoms with Gasteiger partial charge in [0.25, 0.3) is 0 Å². The standard InChI is InChI=1S/C39H56N4O3/c1-14-19-34(16-3)36(43-38(45)46-39(10,11)12)37(44)41-27-18-17-20-35(40-13)42-33(9)32(8)26-24-29(5)22-21-28(4)23-25-31(7)30(6)15-2/h14-16,19,23-26,36H,1,3,9,17-18,20,27H2,2,4-8,10-13H3,(H,40,42)(H,41,44)(H,43,45)/b28-23+,29-24+,30-15+,31-25+,32-26+,34-19+. The van der Waals surface area contributed by atoms with Crippen molar-refractivity contribution in [1.82, 2.24) is 16.0 Å². The van der Waals surface area contributed by atoms with E-state index in [1.165, 1.54) is 23.3 Å². The van der Waals surface area contributed by atoms with Crippen LogP contribution in [0.3, 0.4) is 0 Å². The lowest BCUT2D eigenvalue weighted by atomic mass is 10.1. The summed E-state index contributed by atoms with van der Waals surface area (Å²) in [6.07, 6.45) is 16.3. The molecule has 0 spiro atoms. The third-order valence-corrected chi connectivity index (χ3v) is 6.66. The van der Waals surface area contributed by atoms with Crippen LogP contribution in [0.25, 0.3) is 0 Å².